The first-order valence-electron chi connectivity index (χ1n) is 8.96. The van der Waals surface area contributed by atoms with Crippen LogP contribution in [0.3, 0.4) is 0 Å². The molecule has 1 aliphatic heterocycles. The molecular formula is C18H20N6O3. The molecule has 0 unspecified atom stereocenters. The van der Waals surface area contributed by atoms with Crippen molar-refractivity contribution in [2.75, 3.05) is 11.4 Å². The number of hydrogen-bond acceptors (Lipinski definition) is 5. The number of anilines is 1. The Balaban J connectivity index is 1.49. The Kier molecular flexibility index (Phi) is 4.35. The number of amides is 4. The van der Waals surface area contributed by atoms with Crippen LogP contribution in [0.15, 0.2) is 30.6 Å². The highest BCUT2D eigenvalue weighted by Crippen LogP contribution is 2.40. The first kappa shape index (κ1) is 17.2. The number of carbonyl (C=O) groups excluding carboxylic acids is 3. The van der Waals surface area contributed by atoms with E-state index >= 15 is 0 Å². The third kappa shape index (κ3) is 3.40. The highest BCUT2D eigenvalue weighted by Gasteiger charge is 2.36. The van der Waals surface area contributed by atoms with Gasteiger partial charge in [0, 0.05) is 17.8 Å². The summed E-state index contributed by atoms with van der Waals surface area (Å²) in [7, 11) is 0. The van der Waals surface area contributed by atoms with Crippen LogP contribution in [-0.2, 0) is 11.3 Å². The summed E-state index contributed by atoms with van der Waals surface area (Å²) in [4.78, 5) is 41.4. The van der Waals surface area contributed by atoms with E-state index in [9.17, 15) is 14.4 Å². The van der Waals surface area contributed by atoms with E-state index in [0.717, 1.165) is 18.7 Å². The average molecular weight is 368 g/mol. The minimum atomic E-state index is -0.454. The predicted octanol–water partition coefficient (Wildman–Crippen LogP) is 1.24. The van der Waals surface area contributed by atoms with Crippen LogP contribution in [0.2, 0.25) is 0 Å². The van der Waals surface area contributed by atoms with Gasteiger partial charge in [-0.05, 0) is 49.9 Å². The first-order valence-corrected chi connectivity index (χ1v) is 8.96. The van der Waals surface area contributed by atoms with Gasteiger partial charge in [0.2, 0.25) is 5.91 Å². The number of benzene rings is 1. The minimum absolute atomic E-state index is 0.0131. The lowest BCUT2D eigenvalue weighted by Crippen LogP contribution is -2.32. The Morgan fingerprint density at radius 2 is 2.04 bits per heavy atom. The molecule has 2 aliphatic rings. The van der Waals surface area contributed by atoms with Crippen molar-refractivity contribution < 1.29 is 14.4 Å². The lowest BCUT2D eigenvalue weighted by molar-refractivity contribution is -0.117. The van der Waals surface area contributed by atoms with Crippen LogP contribution in [0.5, 0.6) is 0 Å². The summed E-state index contributed by atoms with van der Waals surface area (Å²) in [5, 5.41) is 9.49. The SMILES string of the molecule is CCn1ncnc1[C@@H](NC(=O)c1ccc(N2CC(=O)NC2=O)cc1)C1CC1. The maximum absolute atomic E-state index is 12.7. The van der Waals surface area contributed by atoms with Crippen molar-refractivity contribution in [2.24, 2.45) is 5.92 Å². The van der Waals surface area contributed by atoms with E-state index in [-0.39, 0.29) is 24.4 Å². The first-order chi connectivity index (χ1) is 13.1. The molecule has 1 aliphatic carbocycles. The van der Waals surface area contributed by atoms with Gasteiger partial charge in [-0.25, -0.2) is 14.5 Å². The van der Waals surface area contributed by atoms with E-state index in [1.54, 1.807) is 28.9 Å². The minimum Gasteiger partial charge on any atom is -0.342 e. The summed E-state index contributed by atoms with van der Waals surface area (Å²) >= 11 is 0. The van der Waals surface area contributed by atoms with Crippen LogP contribution in [0.1, 0.15) is 42.0 Å². The van der Waals surface area contributed by atoms with Crippen LogP contribution in [0.4, 0.5) is 10.5 Å². The zero-order chi connectivity index (χ0) is 19.0. The second-order valence-corrected chi connectivity index (χ2v) is 6.71. The van der Waals surface area contributed by atoms with Gasteiger partial charge in [-0.1, -0.05) is 0 Å². The molecule has 0 radical (unpaired) electrons. The molecule has 140 valence electrons. The molecule has 0 bridgehead atoms. The van der Waals surface area contributed by atoms with Gasteiger partial charge in [0.05, 0.1) is 6.04 Å². The number of hydrogen-bond donors (Lipinski definition) is 2. The molecular weight excluding hydrogens is 348 g/mol. The number of rotatable bonds is 6. The molecule has 4 rings (SSSR count). The van der Waals surface area contributed by atoms with Crippen LogP contribution in [0.25, 0.3) is 0 Å². The van der Waals surface area contributed by atoms with Gasteiger partial charge in [-0.15, -0.1) is 0 Å². The monoisotopic (exact) mass is 368 g/mol. The standard InChI is InChI=1S/C18H20N6O3/c1-2-24-16(19-10-20-24)15(11-3-4-11)22-17(26)12-5-7-13(8-6-12)23-9-14(25)21-18(23)27/h5-8,10-11,15H,2-4,9H2,1H3,(H,22,26)(H,21,25,27)/t15-/m0/s1. The highest BCUT2D eigenvalue weighted by atomic mass is 16.2. The van der Waals surface area contributed by atoms with E-state index in [1.165, 1.54) is 11.2 Å². The van der Waals surface area contributed by atoms with Crippen molar-refractivity contribution in [3.63, 3.8) is 0 Å². The maximum atomic E-state index is 12.7. The molecule has 2 N–H and O–H groups in total. The van der Waals surface area contributed by atoms with Gasteiger partial charge in [0.15, 0.2) is 0 Å². The Hall–Kier alpha value is -3.23. The molecule has 1 saturated heterocycles. The van der Waals surface area contributed by atoms with Crippen molar-refractivity contribution in [1.29, 1.82) is 0 Å². The summed E-state index contributed by atoms with van der Waals surface area (Å²) < 4.78 is 1.80. The molecule has 1 saturated carbocycles. The third-order valence-corrected chi connectivity index (χ3v) is 4.84. The number of aryl methyl sites for hydroxylation is 1. The van der Waals surface area contributed by atoms with E-state index in [1.807, 2.05) is 6.92 Å². The number of imide groups is 1. The quantitative estimate of drug-likeness (QED) is 0.746. The number of aromatic nitrogens is 3. The molecule has 2 aromatic rings. The Labute approximate surface area is 155 Å². The molecule has 4 amide bonds. The van der Waals surface area contributed by atoms with Crippen LogP contribution >= 0.6 is 0 Å². The Bertz CT molecular complexity index is 887. The fourth-order valence-corrected chi connectivity index (χ4v) is 3.25. The second kappa shape index (κ2) is 6.82. The van der Waals surface area contributed by atoms with Crippen molar-refractivity contribution in [2.45, 2.75) is 32.4 Å². The van der Waals surface area contributed by atoms with Crippen molar-refractivity contribution in [3.05, 3.63) is 42.0 Å². The molecule has 0 spiro atoms. The van der Waals surface area contributed by atoms with Crippen LogP contribution < -0.4 is 15.5 Å². The number of carbonyl (C=O) groups is 3. The zero-order valence-electron chi connectivity index (χ0n) is 14.9. The number of urea groups is 1. The molecule has 9 heteroatoms. The molecule has 1 atom stereocenters. The highest BCUT2D eigenvalue weighted by molar-refractivity contribution is 6.12. The van der Waals surface area contributed by atoms with E-state index in [2.05, 4.69) is 20.7 Å². The molecule has 2 fully saturated rings. The molecule has 9 nitrogen and oxygen atoms in total. The summed E-state index contributed by atoms with van der Waals surface area (Å²) in [6, 6.07) is 6.00. The summed E-state index contributed by atoms with van der Waals surface area (Å²) in [5.41, 5.74) is 1.05. The largest absolute Gasteiger partial charge is 0.342 e. The Morgan fingerprint density at radius 3 is 2.63 bits per heavy atom. The van der Waals surface area contributed by atoms with E-state index in [4.69, 9.17) is 0 Å². The van der Waals surface area contributed by atoms with Gasteiger partial charge in [0.25, 0.3) is 5.91 Å². The van der Waals surface area contributed by atoms with Gasteiger partial charge in [0.1, 0.15) is 18.7 Å². The van der Waals surface area contributed by atoms with Gasteiger partial charge in [-0.3, -0.25) is 19.8 Å². The normalized spacial score (nSPS) is 17.7. The van der Waals surface area contributed by atoms with Crippen LogP contribution in [-0.4, -0.2) is 39.2 Å². The van der Waals surface area contributed by atoms with E-state index in [0.29, 0.717) is 23.7 Å². The number of nitrogens with zero attached hydrogens (tertiary/aromatic N) is 4. The molecule has 2 heterocycles. The fraction of sp³-hybridized carbons (Fsp3) is 0.389. The summed E-state index contributed by atoms with van der Waals surface area (Å²) in [6.45, 7) is 2.67. The zero-order valence-corrected chi connectivity index (χ0v) is 14.9. The van der Waals surface area contributed by atoms with Gasteiger partial charge in [-0.2, -0.15) is 5.10 Å². The fourth-order valence-electron chi connectivity index (χ4n) is 3.25. The third-order valence-electron chi connectivity index (χ3n) is 4.84. The van der Waals surface area contributed by atoms with Crippen LogP contribution in [0, 0.1) is 5.92 Å². The molecule has 27 heavy (non-hydrogen) atoms. The average Bonchev–Trinajstić information content (AvgIpc) is 3.30. The predicted molar refractivity (Wildman–Crippen MR) is 96.0 cm³/mol. The molecule has 1 aromatic carbocycles. The second-order valence-electron chi connectivity index (χ2n) is 6.71. The summed E-state index contributed by atoms with van der Waals surface area (Å²) in [6.07, 6.45) is 3.62. The summed E-state index contributed by atoms with van der Waals surface area (Å²) in [5.74, 6) is 0.611. The molecule has 1 aromatic heterocycles. The van der Waals surface area contributed by atoms with Gasteiger partial charge >= 0.3 is 6.03 Å². The van der Waals surface area contributed by atoms with Gasteiger partial charge < -0.3 is 5.32 Å². The topological polar surface area (TPSA) is 109 Å². The smallest absolute Gasteiger partial charge is 0.329 e. The number of nitrogens with one attached hydrogen (secondary N) is 2. The van der Waals surface area contributed by atoms with Crippen molar-refractivity contribution >= 4 is 23.5 Å². The van der Waals surface area contributed by atoms with E-state index < -0.39 is 6.03 Å². The lowest BCUT2D eigenvalue weighted by Gasteiger charge is -2.18. The Morgan fingerprint density at radius 1 is 1.30 bits per heavy atom. The van der Waals surface area contributed by atoms with Crippen molar-refractivity contribution in [1.82, 2.24) is 25.4 Å². The maximum Gasteiger partial charge on any atom is 0.329 e. The van der Waals surface area contributed by atoms with Crippen molar-refractivity contribution in [3.8, 4) is 0 Å². The lowest BCUT2D eigenvalue weighted by atomic mass is 10.1.